The molecule has 1 aliphatic heterocycles. The Morgan fingerprint density at radius 2 is 1.87 bits per heavy atom. The average molecular weight is 423 g/mol. The summed E-state index contributed by atoms with van der Waals surface area (Å²) in [4.78, 5) is 29.6. The fourth-order valence-corrected chi connectivity index (χ4v) is 3.63. The highest BCUT2D eigenvalue weighted by Crippen LogP contribution is 2.31. The number of benzene rings is 2. The van der Waals surface area contributed by atoms with E-state index >= 15 is 0 Å². The summed E-state index contributed by atoms with van der Waals surface area (Å²) in [6, 6.07) is 12.8. The smallest absolute Gasteiger partial charge is 0.411 e. The summed E-state index contributed by atoms with van der Waals surface area (Å²) in [6.45, 7) is 6.57. The fraction of sp³-hybridized carbons (Fsp3) is 0.400. The Morgan fingerprint density at radius 3 is 2.55 bits per heavy atom. The zero-order valence-corrected chi connectivity index (χ0v) is 18.7. The van der Waals surface area contributed by atoms with E-state index < -0.39 is 6.09 Å². The summed E-state index contributed by atoms with van der Waals surface area (Å²) >= 11 is 0. The van der Waals surface area contributed by atoms with Gasteiger partial charge < -0.3 is 9.47 Å². The third-order valence-corrected chi connectivity index (χ3v) is 5.20. The van der Waals surface area contributed by atoms with Crippen LogP contribution in [0.5, 0.6) is 5.75 Å². The van der Waals surface area contributed by atoms with Gasteiger partial charge in [-0.15, -0.1) is 0 Å². The van der Waals surface area contributed by atoms with Gasteiger partial charge >= 0.3 is 6.09 Å². The Morgan fingerprint density at radius 1 is 1.13 bits per heavy atom. The van der Waals surface area contributed by atoms with E-state index in [1.807, 2.05) is 19.1 Å². The lowest BCUT2D eigenvalue weighted by molar-refractivity contribution is 0.100. The molecule has 31 heavy (non-hydrogen) atoms. The first-order valence-electron chi connectivity index (χ1n) is 10.6. The van der Waals surface area contributed by atoms with Crippen molar-refractivity contribution in [3.8, 4) is 5.75 Å². The summed E-state index contributed by atoms with van der Waals surface area (Å²) < 4.78 is 10.5. The first-order chi connectivity index (χ1) is 14.8. The van der Waals surface area contributed by atoms with Crippen LogP contribution in [0.25, 0.3) is 0 Å². The lowest BCUT2D eigenvalue weighted by atomic mass is 9.85. The molecule has 0 spiro atoms. The van der Waals surface area contributed by atoms with Crippen LogP contribution < -0.4 is 10.1 Å². The molecule has 0 aliphatic carbocycles. The van der Waals surface area contributed by atoms with Gasteiger partial charge in [0.1, 0.15) is 5.75 Å². The zero-order valence-electron chi connectivity index (χ0n) is 18.7. The molecule has 1 aliphatic rings. The van der Waals surface area contributed by atoms with Crippen LogP contribution >= 0.6 is 0 Å². The molecule has 6 nitrogen and oxygen atoms in total. The van der Waals surface area contributed by atoms with Crippen molar-refractivity contribution in [3.05, 3.63) is 59.2 Å². The zero-order chi connectivity index (χ0) is 22.4. The number of carbonyl (C=O) groups excluding carboxylic acids is 2. The van der Waals surface area contributed by atoms with Crippen molar-refractivity contribution in [2.45, 2.75) is 52.0 Å². The van der Waals surface area contributed by atoms with Gasteiger partial charge in [-0.05, 0) is 68.7 Å². The number of nitrogens with one attached hydrogen (secondary N) is 1. The molecule has 2 aromatic carbocycles. The Balaban J connectivity index is 1.71. The minimum atomic E-state index is -0.489. The number of hydrogen-bond acceptors (Lipinski definition) is 5. The second-order valence-corrected chi connectivity index (χ2v) is 8.36. The maximum absolute atomic E-state index is 13.0. The van der Waals surface area contributed by atoms with Gasteiger partial charge in [-0.1, -0.05) is 19.4 Å². The molecule has 0 saturated carbocycles. The Hall–Kier alpha value is -3.15. The number of amides is 1. The highest BCUT2D eigenvalue weighted by Gasteiger charge is 2.28. The molecular weight excluding hydrogens is 392 g/mol. The monoisotopic (exact) mass is 422 g/mol. The first-order valence-corrected chi connectivity index (χ1v) is 10.6. The number of ketones is 1. The maximum atomic E-state index is 13.0. The molecule has 1 N–H and O–H groups in total. The molecule has 0 aromatic heterocycles. The lowest BCUT2D eigenvalue weighted by Crippen LogP contribution is -2.30. The van der Waals surface area contributed by atoms with Crippen LogP contribution in [0.2, 0.25) is 0 Å². The van der Waals surface area contributed by atoms with Crippen molar-refractivity contribution in [1.82, 2.24) is 0 Å². The summed E-state index contributed by atoms with van der Waals surface area (Å²) in [6.07, 6.45) is 2.33. The molecule has 1 amide bonds. The largest absolute Gasteiger partial charge is 0.497 e. The van der Waals surface area contributed by atoms with Crippen molar-refractivity contribution < 1.29 is 19.1 Å². The third kappa shape index (κ3) is 5.94. The molecule has 0 atom stereocenters. The molecule has 3 rings (SSSR count). The second kappa shape index (κ2) is 9.77. The maximum Gasteiger partial charge on any atom is 0.411 e. The molecule has 0 bridgehead atoms. The van der Waals surface area contributed by atoms with Crippen LogP contribution in [0.1, 0.15) is 61.5 Å². The van der Waals surface area contributed by atoms with E-state index in [2.05, 4.69) is 25.2 Å². The Bertz CT molecular complexity index is 978. The van der Waals surface area contributed by atoms with Gasteiger partial charge in [-0.2, -0.15) is 0 Å². The molecule has 0 fully saturated rings. The van der Waals surface area contributed by atoms with Gasteiger partial charge in [0.2, 0.25) is 0 Å². The van der Waals surface area contributed by atoms with Crippen LogP contribution in [-0.4, -0.2) is 36.8 Å². The van der Waals surface area contributed by atoms with E-state index in [0.717, 1.165) is 36.3 Å². The van der Waals surface area contributed by atoms with E-state index in [0.29, 0.717) is 17.9 Å². The number of nitrogens with zero attached hydrogens (tertiary/aromatic N) is 1. The number of fused-ring (bicyclic) bond motifs is 1. The van der Waals surface area contributed by atoms with Crippen LogP contribution in [-0.2, 0) is 11.2 Å². The molecule has 0 saturated heterocycles. The minimum absolute atomic E-state index is 0.0257. The number of unbranched alkanes of at least 4 members (excludes halogenated alkanes) is 1. The number of ether oxygens (including phenoxy) is 2. The van der Waals surface area contributed by atoms with Crippen LogP contribution in [0, 0.1) is 0 Å². The minimum Gasteiger partial charge on any atom is -0.497 e. The predicted octanol–water partition coefficient (Wildman–Crippen LogP) is 5.44. The van der Waals surface area contributed by atoms with E-state index in [-0.39, 0.29) is 17.7 Å². The number of carbonyl (C=O) groups is 2. The number of rotatable bonds is 8. The van der Waals surface area contributed by atoms with Gasteiger partial charge in [-0.25, -0.2) is 4.79 Å². The highest BCUT2D eigenvalue weighted by atomic mass is 16.5. The Labute approximate surface area is 183 Å². The standard InChI is InChI=1S/C25H30N2O4/c1-5-6-13-31-24(29)26-19-10-7-17(8-11-19)23(28)15-22-21-14-20(30-4)12-9-18(21)16-25(2,3)27-22/h7-12,14H,5-6,13,15-16H2,1-4H3,(H,26,29). The summed E-state index contributed by atoms with van der Waals surface area (Å²) in [7, 11) is 1.63. The van der Waals surface area contributed by atoms with E-state index in [4.69, 9.17) is 14.5 Å². The van der Waals surface area contributed by atoms with Gasteiger partial charge in [0, 0.05) is 16.8 Å². The molecule has 164 valence electrons. The molecule has 0 unspecified atom stereocenters. The topological polar surface area (TPSA) is 77.0 Å². The fourth-order valence-electron chi connectivity index (χ4n) is 3.63. The number of Topliss-reactive ketones (excluding diaryl/α,β-unsaturated/α-hetero) is 1. The summed E-state index contributed by atoms with van der Waals surface area (Å²) in [5.74, 6) is 0.724. The number of anilines is 1. The molecular formula is C25H30N2O4. The lowest BCUT2D eigenvalue weighted by Gasteiger charge is -2.29. The van der Waals surface area contributed by atoms with Crippen LogP contribution in [0.15, 0.2) is 47.5 Å². The second-order valence-electron chi connectivity index (χ2n) is 8.36. The van der Waals surface area contributed by atoms with Crippen molar-refractivity contribution in [1.29, 1.82) is 0 Å². The van der Waals surface area contributed by atoms with Crippen LogP contribution in [0.3, 0.4) is 0 Å². The number of methoxy groups -OCH3 is 1. The number of aliphatic imine (C=N–C) groups is 1. The van der Waals surface area contributed by atoms with Crippen molar-refractivity contribution in [2.75, 3.05) is 19.0 Å². The summed E-state index contributed by atoms with van der Waals surface area (Å²) in [5, 5.41) is 2.67. The predicted molar refractivity (Wildman–Crippen MR) is 123 cm³/mol. The molecule has 1 heterocycles. The molecule has 0 radical (unpaired) electrons. The van der Waals surface area contributed by atoms with E-state index in [9.17, 15) is 9.59 Å². The Kier molecular flexibility index (Phi) is 7.10. The van der Waals surface area contributed by atoms with Crippen molar-refractivity contribution in [3.63, 3.8) is 0 Å². The number of hydrogen-bond donors (Lipinski definition) is 1. The molecule has 2 aromatic rings. The highest BCUT2D eigenvalue weighted by molar-refractivity contribution is 6.17. The molecule has 6 heteroatoms. The first kappa shape index (κ1) is 22.5. The summed E-state index contributed by atoms with van der Waals surface area (Å²) in [5.41, 5.74) is 3.81. The van der Waals surface area contributed by atoms with Crippen LogP contribution in [0.4, 0.5) is 10.5 Å². The normalized spacial score (nSPS) is 14.3. The van der Waals surface area contributed by atoms with Crippen molar-refractivity contribution >= 4 is 23.3 Å². The third-order valence-electron chi connectivity index (χ3n) is 5.20. The average Bonchev–Trinajstić information content (AvgIpc) is 2.73. The quantitative estimate of drug-likeness (QED) is 0.454. The van der Waals surface area contributed by atoms with Gasteiger partial charge in [0.15, 0.2) is 5.78 Å². The van der Waals surface area contributed by atoms with Crippen molar-refractivity contribution in [2.24, 2.45) is 4.99 Å². The van der Waals surface area contributed by atoms with Gasteiger partial charge in [0.05, 0.1) is 31.4 Å². The SMILES string of the molecule is CCCCOC(=O)Nc1ccc(C(=O)CC2=NC(C)(C)Cc3ccc(OC)cc32)cc1. The van der Waals surface area contributed by atoms with E-state index in [1.165, 1.54) is 5.56 Å². The van der Waals surface area contributed by atoms with Gasteiger partial charge in [-0.3, -0.25) is 15.1 Å². The van der Waals surface area contributed by atoms with Gasteiger partial charge in [0.25, 0.3) is 0 Å². The van der Waals surface area contributed by atoms with E-state index in [1.54, 1.807) is 31.4 Å².